The molecule has 3 nitrogen and oxygen atoms in total. The summed E-state index contributed by atoms with van der Waals surface area (Å²) in [6.07, 6.45) is 14.3. The molecule has 34 heavy (non-hydrogen) atoms. The van der Waals surface area contributed by atoms with Gasteiger partial charge in [0.2, 0.25) is 0 Å². The zero-order valence-corrected chi connectivity index (χ0v) is 22.1. The highest BCUT2D eigenvalue weighted by atomic mass is 16.1. The number of hydrogen-bond acceptors (Lipinski definition) is 3. The number of carbonyl (C=O) groups is 3. The summed E-state index contributed by atoms with van der Waals surface area (Å²) in [5.41, 5.74) is 4.80. The number of rotatable bonds is 13. The quantitative estimate of drug-likeness (QED) is 0.281. The lowest BCUT2D eigenvalue weighted by atomic mass is 9.71. The number of fused-ring (bicyclic) bond motifs is 1. The summed E-state index contributed by atoms with van der Waals surface area (Å²) >= 11 is 0. The molecule has 1 saturated carbocycles. The van der Waals surface area contributed by atoms with E-state index in [4.69, 9.17) is 0 Å². The van der Waals surface area contributed by atoms with E-state index in [1.165, 1.54) is 50.2 Å². The van der Waals surface area contributed by atoms with Crippen LogP contribution in [0.5, 0.6) is 0 Å². The second-order valence-corrected chi connectivity index (χ2v) is 11.3. The van der Waals surface area contributed by atoms with Crippen molar-refractivity contribution in [2.24, 2.45) is 23.7 Å². The highest BCUT2D eigenvalue weighted by molar-refractivity contribution is 6.00. The normalized spacial score (nSPS) is 20.2. The summed E-state index contributed by atoms with van der Waals surface area (Å²) in [4.78, 5) is 37.9. The third kappa shape index (κ3) is 6.89. The molecule has 3 rings (SSSR count). The lowest BCUT2D eigenvalue weighted by molar-refractivity contribution is -0.129. The molecule has 0 radical (unpaired) electrons. The summed E-state index contributed by atoms with van der Waals surface area (Å²) in [5.74, 6) is 1.71. The highest BCUT2D eigenvalue weighted by Crippen LogP contribution is 2.38. The first-order chi connectivity index (χ1) is 16.3. The van der Waals surface area contributed by atoms with Crippen LogP contribution >= 0.6 is 0 Å². The van der Waals surface area contributed by atoms with E-state index < -0.39 is 0 Å². The Morgan fingerprint density at radius 1 is 1.06 bits per heavy atom. The largest absolute Gasteiger partial charge is 0.300 e. The molecular weight excluding hydrogens is 420 g/mol. The van der Waals surface area contributed by atoms with Crippen LogP contribution in [-0.2, 0) is 22.4 Å². The van der Waals surface area contributed by atoms with Crippen molar-refractivity contribution >= 4 is 17.3 Å². The summed E-state index contributed by atoms with van der Waals surface area (Å²) in [7, 11) is 0. The monoisotopic (exact) mass is 466 g/mol. The van der Waals surface area contributed by atoms with Gasteiger partial charge in [-0.2, -0.15) is 0 Å². The van der Waals surface area contributed by atoms with E-state index in [0.29, 0.717) is 18.1 Å². The van der Waals surface area contributed by atoms with Crippen molar-refractivity contribution in [1.82, 2.24) is 0 Å². The van der Waals surface area contributed by atoms with Gasteiger partial charge in [0.15, 0.2) is 5.78 Å². The highest BCUT2D eigenvalue weighted by Gasteiger charge is 2.34. The Kier molecular flexibility index (Phi) is 10.1. The van der Waals surface area contributed by atoms with Crippen molar-refractivity contribution in [2.45, 2.75) is 118 Å². The van der Waals surface area contributed by atoms with Crippen molar-refractivity contribution in [2.75, 3.05) is 0 Å². The first-order valence-electron chi connectivity index (χ1n) is 14.0. The molecule has 0 amide bonds. The van der Waals surface area contributed by atoms with E-state index in [2.05, 4.69) is 32.9 Å². The zero-order chi connectivity index (χ0) is 24.7. The molecule has 1 aromatic rings. The molecule has 1 fully saturated rings. The molecule has 0 aliphatic heterocycles. The van der Waals surface area contributed by atoms with Crippen LogP contribution in [0, 0.1) is 30.6 Å². The average molecular weight is 467 g/mol. The third-order valence-corrected chi connectivity index (χ3v) is 8.57. The predicted molar refractivity (Wildman–Crippen MR) is 139 cm³/mol. The zero-order valence-electron chi connectivity index (χ0n) is 22.1. The maximum Gasteiger partial charge on any atom is 0.163 e. The molecule has 1 aromatic carbocycles. The second-order valence-electron chi connectivity index (χ2n) is 11.3. The standard InChI is InChI=1S/C31H46O3/c1-5-7-12-26(27(6-2)29(33)17-22(4)32)18-24-19-28-25(16-14-23-10-8-9-11-23)15-13-21(3)31(28)30(34)20-24/h13,15,23-24,26-27H,5-12,14,16-20H2,1-4H3. The van der Waals surface area contributed by atoms with E-state index in [9.17, 15) is 14.4 Å². The maximum absolute atomic E-state index is 13.3. The van der Waals surface area contributed by atoms with Gasteiger partial charge >= 0.3 is 0 Å². The van der Waals surface area contributed by atoms with E-state index in [0.717, 1.165) is 62.0 Å². The molecule has 0 bridgehead atoms. The molecule has 3 atom stereocenters. The van der Waals surface area contributed by atoms with E-state index in [1.54, 1.807) is 0 Å². The average Bonchev–Trinajstić information content (AvgIpc) is 3.30. The van der Waals surface area contributed by atoms with E-state index in [1.807, 2.05) is 0 Å². The van der Waals surface area contributed by atoms with Crippen LogP contribution < -0.4 is 0 Å². The van der Waals surface area contributed by atoms with Crippen molar-refractivity contribution in [3.8, 4) is 0 Å². The summed E-state index contributed by atoms with van der Waals surface area (Å²) in [6, 6.07) is 4.43. The van der Waals surface area contributed by atoms with Gasteiger partial charge in [0.05, 0.1) is 6.42 Å². The lowest BCUT2D eigenvalue weighted by Crippen LogP contribution is -2.30. The molecule has 188 valence electrons. The fourth-order valence-electron chi connectivity index (χ4n) is 6.79. The Labute approximate surface area is 207 Å². The Balaban J connectivity index is 1.79. The van der Waals surface area contributed by atoms with Gasteiger partial charge in [-0.3, -0.25) is 14.4 Å². The number of ketones is 3. The third-order valence-electron chi connectivity index (χ3n) is 8.57. The molecule has 2 aliphatic carbocycles. The van der Waals surface area contributed by atoms with Crippen molar-refractivity contribution < 1.29 is 14.4 Å². The van der Waals surface area contributed by atoms with Gasteiger partial charge in [0, 0.05) is 17.9 Å². The van der Waals surface area contributed by atoms with E-state index in [-0.39, 0.29) is 29.8 Å². The molecule has 0 aromatic heterocycles. The first kappa shape index (κ1) is 26.8. The minimum Gasteiger partial charge on any atom is -0.300 e. The van der Waals surface area contributed by atoms with Crippen molar-refractivity contribution in [3.05, 3.63) is 34.4 Å². The molecule has 0 heterocycles. The summed E-state index contributed by atoms with van der Waals surface area (Å²) in [6.45, 7) is 7.86. The van der Waals surface area contributed by atoms with Crippen molar-refractivity contribution in [1.29, 1.82) is 0 Å². The Morgan fingerprint density at radius 3 is 2.44 bits per heavy atom. The molecule has 3 unspecified atom stereocenters. The van der Waals surface area contributed by atoms with Gasteiger partial charge in [-0.15, -0.1) is 0 Å². The van der Waals surface area contributed by atoms with Crippen LogP contribution in [-0.4, -0.2) is 17.3 Å². The fraction of sp³-hybridized carbons (Fsp3) is 0.710. The number of aryl methyl sites for hydroxylation is 2. The van der Waals surface area contributed by atoms with Gasteiger partial charge in [-0.1, -0.05) is 64.5 Å². The van der Waals surface area contributed by atoms with Gasteiger partial charge in [0.25, 0.3) is 0 Å². The van der Waals surface area contributed by atoms with Gasteiger partial charge < -0.3 is 0 Å². The fourth-order valence-corrected chi connectivity index (χ4v) is 6.79. The van der Waals surface area contributed by atoms with Crippen molar-refractivity contribution in [3.63, 3.8) is 0 Å². The van der Waals surface area contributed by atoms with Crippen LogP contribution in [0.1, 0.15) is 125 Å². The van der Waals surface area contributed by atoms with Gasteiger partial charge in [0.1, 0.15) is 11.6 Å². The van der Waals surface area contributed by atoms with Gasteiger partial charge in [-0.05, 0) is 86.8 Å². The number of Topliss-reactive ketones (excluding diaryl/α,β-unsaturated/α-hetero) is 3. The molecule has 0 saturated heterocycles. The van der Waals surface area contributed by atoms with Crippen LogP contribution in [0.3, 0.4) is 0 Å². The SMILES string of the molecule is CCCCC(CC1CC(=O)c2c(C)ccc(CCC3CCCC3)c2C1)C(CC)C(=O)CC(C)=O. The lowest BCUT2D eigenvalue weighted by Gasteiger charge is -2.33. The second kappa shape index (κ2) is 12.8. The van der Waals surface area contributed by atoms with E-state index >= 15 is 0 Å². The molecule has 0 spiro atoms. The summed E-state index contributed by atoms with van der Waals surface area (Å²) < 4.78 is 0. The molecular formula is C31H46O3. The minimum atomic E-state index is -0.0636. The number of benzene rings is 1. The topological polar surface area (TPSA) is 51.2 Å². The Morgan fingerprint density at radius 2 is 1.79 bits per heavy atom. The van der Waals surface area contributed by atoms with Crippen LogP contribution in [0.25, 0.3) is 0 Å². The number of unbranched alkanes of at least 4 members (excludes halogenated alkanes) is 1. The van der Waals surface area contributed by atoms with Crippen LogP contribution in [0.2, 0.25) is 0 Å². The predicted octanol–water partition coefficient (Wildman–Crippen LogP) is 7.63. The van der Waals surface area contributed by atoms with Crippen LogP contribution in [0.4, 0.5) is 0 Å². The number of carbonyl (C=O) groups excluding carboxylic acids is 3. The molecule has 3 heteroatoms. The molecule has 2 aliphatic rings. The smallest absolute Gasteiger partial charge is 0.163 e. The Bertz CT molecular complexity index is 862. The number of hydrogen-bond donors (Lipinski definition) is 0. The Hall–Kier alpha value is -1.77. The maximum atomic E-state index is 13.3. The van der Waals surface area contributed by atoms with Crippen LogP contribution in [0.15, 0.2) is 12.1 Å². The molecule has 0 N–H and O–H groups in total. The minimum absolute atomic E-state index is 0.0400. The van der Waals surface area contributed by atoms with Gasteiger partial charge in [-0.25, -0.2) is 0 Å². The summed E-state index contributed by atoms with van der Waals surface area (Å²) in [5, 5.41) is 0. The first-order valence-corrected chi connectivity index (χ1v) is 14.0.